The summed E-state index contributed by atoms with van der Waals surface area (Å²) in [5.41, 5.74) is 4.77. The third kappa shape index (κ3) is 4.05. The summed E-state index contributed by atoms with van der Waals surface area (Å²) in [4.78, 5) is 27.8. The van der Waals surface area contributed by atoms with Crippen molar-refractivity contribution in [3.63, 3.8) is 0 Å². The Balaban J connectivity index is 1.40. The van der Waals surface area contributed by atoms with Crippen LogP contribution in [-0.4, -0.2) is 33.9 Å². The molecule has 1 fully saturated rings. The van der Waals surface area contributed by atoms with Gasteiger partial charge in [0.2, 0.25) is 5.91 Å². The van der Waals surface area contributed by atoms with Crippen molar-refractivity contribution in [2.75, 3.05) is 18.0 Å². The minimum absolute atomic E-state index is 0.0123. The second-order valence-electron chi connectivity index (χ2n) is 7.08. The molecule has 1 atom stereocenters. The average Bonchev–Trinajstić information content (AvgIpc) is 2.73. The van der Waals surface area contributed by atoms with Crippen LogP contribution in [0.15, 0.2) is 48.9 Å². The molecule has 1 aromatic carbocycles. The van der Waals surface area contributed by atoms with Crippen LogP contribution in [0.25, 0.3) is 11.2 Å². The Morgan fingerprint density at radius 3 is 2.85 bits per heavy atom. The van der Waals surface area contributed by atoms with Crippen molar-refractivity contribution in [3.05, 3.63) is 60.0 Å². The standard InChI is InChI=1S/C21H23N5O/c1-15-4-6-16(7-5-15)12-25-21(27)17-3-2-10-26(14-17)18-11-19-20(24-13-18)23-9-8-22-19/h4-9,11,13,17H,2-3,10,12,14H2,1H3,(H,25,27)/t17-/m1/s1. The molecule has 6 nitrogen and oxygen atoms in total. The van der Waals surface area contributed by atoms with Gasteiger partial charge in [-0.2, -0.15) is 0 Å². The summed E-state index contributed by atoms with van der Waals surface area (Å²) in [6, 6.07) is 10.3. The van der Waals surface area contributed by atoms with E-state index in [1.807, 2.05) is 12.3 Å². The van der Waals surface area contributed by atoms with E-state index in [9.17, 15) is 4.79 Å². The number of aryl methyl sites for hydroxylation is 1. The Morgan fingerprint density at radius 2 is 2.00 bits per heavy atom. The van der Waals surface area contributed by atoms with Gasteiger partial charge in [-0.15, -0.1) is 0 Å². The van der Waals surface area contributed by atoms with E-state index in [0.29, 0.717) is 18.7 Å². The smallest absolute Gasteiger partial charge is 0.225 e. The van der Waals surface area contributed by atoms with Gasteiger partial charge >= 0.3 is 0 Å². The maximum absolute atomic E-state index is 12.7. The summed E-state index contributed by atoms with van der Waals surface area (Å²) in [6.07, 6.45) is 7.04. The first-order valence-electron chi connectivity index (χ1n) is 9.34. The number of amides is 1. The number of fused-ring (bicyclic) bond motifs is 1. The monoisotopic (exact) mass is 361 g/mol. The van der Waals surface area contributed by atoms with Gasteiger partial charge in [-0.1, -0.05) is 29.8 Å². The molecule has 0 aliphatic carbocycles. The lowest BCUT2D eigenvalue weighted by atomic mass is 9.96. The highest BCUT2D eigenvalue weighted by Gasteiger charge is 2.26. The zero-order valence-corrected chi connectivity index (χ0v) is 15.4. The molecule has 2 aromatic heterocycles. The van der Waals surface area contributed by atoms with E-state index in [1.165, 1.54) is 5.56 Å². The number of hydrogen-bond donors (Lipinski definition) is 1. The molecule has 1 saturated heterocycles. The van der Waals surface area contributed by atoms with Crippen LogP contribution >= 0.6 is 0 Å². The quantitative estimate of drug-likeness (QED) is 0.774. The summed E-state index contributed by atoms with van der Waals surface area (Å²) in [7, 11) is 0. The van der Waals surface area contributed by atoms with Crippen LogP contribution in [0.5, 0.6) is 0 Å². The lowest BCUT2D eigenvalue weighted by Crippen LogP contribution is -2.43. The molecule has 3 heterocycles. The molecular weight excluding hydrogens is 338 g/mol. The van der Waals surface area contributed by atoms with E-state index < -0.39 is 0 Å². The molecule has 1 amide bonds. The highest BCUT2D eigenvalue weighted by atomic mass is 16.1. The molecule has 0 bridgehead atoms. The van der Waals surface area contributed by atoms with Crippen molar-refractivity contribution in [1.29, 1.82) is 0 Å². The van der Waals surface area contributed by atoms with Gasteiger partial charge < -0.3 is 10.2 Å². The van der Waals surface area contributed by atoms with Crippen molar-refractivity contribution < 1.29 is 4.79 Å². The number of hydrogen-bond acceptors (Lipinski definition) is 5. The normalized spacial score (nSPS) is 17.1. The molecule has 6 heteroatoms. The fraction of sp³-hybridized carbons (Fsp3) is 0.333. The van der Waals surface area contributed by atoms with Crippen LogP contribution in [-0.2, 0) is 11.3 Å². The van der Waals surface area contributed by atoms with Gasteiger partial charge in [0.15, 0.2) is 5.65 Å². The van der Waals surface area contributed by atoms with E-state index >= 15 is 0 Å². The van der Waals surface area contributed by atoms with Crippen molar-refractivity contribution in [1.82, 2.24) is 20.3 Å². The Kier molecular flexibility index (Phi) is 4.96. The van der Waals surface area contributed by atoms with E-state index in [1.54, 1.807) is 12.4 Å². The lowest BCUT2D eigenvalue weighted by Gasteiger charge is -2.33. The molecule has 27 heavy (non-hydrogen) atoms. The van der Waals surface area contributed by atoms with Crippen LogP contribution < -0.4 is 10.2 Å². The van der Waals surface area contributed by atoms with Crippen LogP contribution in [0, 0.1) is 12.8 Å². The fourth-order valence-electron chi connectivity index (χ4n) is 3.49. The van der Waals surface area contributed by atoms with Gasteiger partial charge in [0.25, 0.3) is 0 Å². The Labute approximate surface area is 158 Å². The minimum Gasteiger partial charge on any atom is -0.369 e. The summed E-state index contributed by atoms with van der Waals surface area (Å²) in [5.74, 6) is 0.107. The van der Waals surface area contributed by atoms with Crippen LogP contribution in [0.3, 0.4) is 0 Å². The highest BCUT2D eigenvalue weighted by molar-refractivity contribution is 5.80. The summed E-state index contributed by atoms with van der Waals surface area (Å²) in [5, 5.41) is 3.09. The highest BCUT2D eigenvalue weighted by Crippen LogP contribution is 2.24. The van der Waals surface area contributed by atoms with Gasteiger partial charge in [-0.05, 0) is 31.4 Å². The Hall–Kier alpha value is -3.02. The van der Waals surface area contributed by atoms with Gasteiger partial charge in [0.1, 0.15) is 5.52 Å². The molecule has 0 radical (unpaired) electrons. The maximum Gasteiger partial charge on any atom is 0.225 e. The summed E-state index contributed by atoms with van der Waals surface area (Å²) >= 11 is 0. The number of nitrogens with one attached hydrogen (secondary N) is 1. The van der Waals surface area contributed by atoms with E-state index in [0.717, 1.165) is 36.2 Å². The predicted molar refractivity (Wildman–Crippen MR) is 105 cm³/mol. The zero-order valence-electron chi connectivity index (χ0n) is 15.4. The third-order valence-corrected chi connectivity index (χ3v) is 5.05. The van der Waals surface area contributed by atoms with Crippen molar-refractivity contribution >= 4 is 22.8 Å². The Bertz CT molecular complexity index is 941. The molecule has 0 unspecified atom stereocenters. The molecule has 3 aromatic rings. The number of nitrogens with zero attached hydrogens (tertiary/aromatic N) is 4. The van der Waals surface area contributed by atoms with E-state index in [4.69, 9.17) is 0 Å². The number of aromatic nitrogens is 3. The van der Waals surface area contributed by atoms with Crippen molar-refractivity contribution in [2.45, 2.75) is 26.3 Å². The Morgan fingerprint density at radius 1 is 1.19 bits per heavy atom. The van der Waals surface area contributed by atoms with Crippen LogP contribution in [0.1, 0.15) is 24.0 Å². The molecule has 138 valence electrons. The summed E-state index contributed by atoms with van der Waals surface area (Å²) < 4.78 is 0. The second-order valence-corrected chi connectivity index (χ2v) is 7.08. The predicted octanol–water partition coefficient (Wildman–Crippen LogP) is 2.87. The number of pyridine rings is 1. The number of benzene rings is 1. The number of piperidine rings is 1. The van der Waals surface area contributed by atoms with Crippen molar-refractivity contribution in [2.24, 2.45) is 5.92 Å². The van der Waals surface area contributed by atoms with E-state index in [2.05, 4.69) is 56.4 Å². The minimum atomic E-state index is -0.0123. The average molecular weight is 361 g/mol. The number of rotatable bonds is 4. The first-order valence-corrected chi connectivity index (χ1v) is 9.34. The van der Waals surface area contributed by atoms with Crippen LogP contribution in [0.4, 0.5) is 5.69 Å². The van der Waals surface area contributed by atoms with Gasteiger partial charge in [-0.3, -0.25) is 9.78 Å². The van der Waals surface area contributed by atoms with Crippen LogP contribution in [0.2, 0.25) is 0 Å². The third-order valence-electron chi connectivity index (χ3n) is 5.05. The largest absolute Gasteiger partial charge is 0.369 e. The molecule has 4 rings (SSSR count). The second kappa shape index (κ2) is 7.70. The number of carbonyl (C=O) groups is 1. The van der Waals surface area contributed by atoms with Gasteiger partial charge in [-0.25, -0.2) is 9.97 Å². The first kappa shape index (κ1) is 17.4. The first-order chi connectivity index (χ1) is 13.2. The molecule has 0 spiro atoms. The molecule has 1 aliphatic heterocycles. The molecule has 1 aliphatic rings. The number of anilines is 1. The molecule has 0 saturated carbocycles. The molecule has 1 N–H and O–H groups in total. The SMILES string of the molecule is Cc1ccc(CNC(=O)[C@@H]2CCCN(c3cnc4nccnc4c3)C2)cc1. The molecular formula is C21H23N5O. The summed E-state index contributed by atoms with van der Waals surface area (Å²) in [6.45, 7) is 4.26. The fourth-order valence-corrected chi connectivity index (χ4v) is 3.49. The number of carbonyl (C=O) groups excluding carboxylic acids is 1. The van der Waals surface area contributed by atoms with Crippen molar-refractivity contribution in [3.8, 4) is 0 Å². The topological polar surface area (TPSA) is 71.0 Å². The van der Waals surface area contributed by atoms with Gasteiger partial charge in [0, 0.05) is 32.0 Å². The maximum atomic E-state index is 12.7. The zero-order chi connectivity index (χ0) is 18.6. The van der Waals surface area contributed by atoms with E-state index in [-0.39, 0.29) is 11.8 Å². The van der Waals surface area contributed by atoms with Gasteiger partial charge in [0.05, 0.1) is 17.8 Å². The lowest BCUT2D eigenvalue weighted by molar-refractivity contribution is -0.125.